The number of rotatable bonds is 5. The third kappa shape index (κ3) is 4.33. The van der Waals surface area contributed by atoms with Crippen molar-refractivity contribution in [2.24, 2.45) is 0 Å². The number of benzene rings is 1. The first-order valence-electron chi connectivity index (χ1n) is 6.26. The Kier molecular flexibility index (Phi) is 4.93. The summed E-state index contributed by atoms with van der Waals surface area (Å²) in [7, 11) is 2.12. The van der Waals surface area contributed by atoms with E-state index in [1.165, 1.54) is 11.1 Å². The average Bonchev–Trinajstić information content (AvgIpc) is 2.42. The molecule has 0 saturated heterocycles. The first-order chi connectivity index (χ1) is 9.15. The quantitative estimate of drug-likeness (QED) is 0.861. The molecule has 2 rings (SSSR count). The smallest absolute Gasteiger partial charge is 0.0318 e. The highest BCUT2D eigenvalue weighted by molar-refractivity contribution is 9.10. The number of hydrogen-bond donors (Lipinski definition) is 1. The molecule has 0 spiro atoms. The van der Waals surface area contributed by atoms with E-state index in [-0.39, 0.29) is 0 Å². The second-order valence-corrected chi connectivity index (χ2v) is 5.55. The summed E-state index contributed by atoms with van der Waals surface area (Å²) < 4.78 is 1.11. The van der Waals surface area contributed by atoms with Gasteiger partial charge in [0.1, 0.15) is 0 Å². The number of nitrogen functional groups attached to an aromatic ring is 1. The molecule has 3 nitrogen and oxygen atoms in total. The molecule has 0 aliphatic heterocycles. The Labute approximate surface area is 122 Å². The SMILES string of the molecule is CN(CCc1ccncc1)Cc1cc(N)ccc1Br. The number of likely N-dealkylation sites (N-methyl/N-ethyl adjacent to an activating group) is 1. The molecule has 1 aromatic heterocycles. The molecule has 0 saturated carbocycles. The van der Waals surface area contributed by atoms with Crippen LogP contribution in [0.1, 0.15) is 11.1 Å². The summed E-state index contributed by atoms with van der Waals surface area (Å²) in [4.78, 5) is 6.32. The number of hydrogen-bond acceptors (Lipinski definition) is 3. The molecule has 0 unspecified atom stereocenters. The van der Waals surface area contributed by atoms with Crippen molar-refractivity contribution in [2.45, 2.75) is 13.0 Å². The molecule has 4 heteroatoms. The summed E-state index contributed by atoms with van der Waals surface area (Å²) in [6, 6.07) is 10.0. The minimum atomic E-state index is 0.806. The first-order valence-corrected chi connectivity index (χ1v) is 7.06. The predicted octanol–water partition coefficient (Wildman–Crippen LogP) is 3.10. The van der Waals surface area contributed by atoms with Gasteiger partial charge in [0.2, 0.25) is 0 Å². The van der Waals surface area contributed by atoms with Crippen LogP contribution in [0.3, 0.4) is 0 Å². The lowest BCUT2D eigenvalue weighted by atomic mass is 10.1. The van der Waals surface area contributed by atoms with Crippen LogP contribution >= 0.6 is 15.9 Å². The van der Waals surface area contributed by atoms with Gasteiger partial charge in [-0.05, 0) is 54.9 Å². The molecular weight excluding hydrogens is 302 g/mol. The Morgan fingerprint density at radius 1 is 1.21 bits per heavy atom. The van der Waals surface area contributed by atoms with E-state index >= 15 is 0 Å². The second kappa shape index (κ2) is 6.68. The number of pyridine rings is 1. The van der Waals surface area contributed by atoms with Crippen LogP contribution in [-0.4, -0.2) is 23.5 Å². The van der Waals surface area contributed by atoms with E-state index in [1.54, 1.807) is 0 Å². The summed E-state index contributed by atoms with van der Waals surface area (Å²) in [5, 5.41) is 0. The van der Waals surface area contributed by atoms with Gasteiger partial charge in [0, 0.05) is 35.6 Å². The van der Waals surface area contributed by atoms with Gasteiger partial charge in [0.05, 0.1) is 0 Å². The first kappa shape index (κ1) is 14.0. The number of nitrogens with two attached hydrogens (primary N) is 1. The minimum Gasteiger partial charge on any atom is -0.399 e. The standard InChI is InChI=1S/C15H18BrN3/c1-19(9-6-12-4-7-18-8-5-12)11-13-10-14(17)2-3-15(13)16/h2-5,7-8,10H,6,9,11,17H2,1H3. The lowest BCUT2D eigenvalue weighted by molar-refractivity contribution is 0.330. The van der Waals surface area contributed by atoms with Gasteiger partial charge in [-0.15, -0.1) is 0 Å². The molecule has 0 bridgehead atoms. The zero-order valence-electron chi connectivity index (χ0n) is 11.0. The third-order valence-corrected chi connectivity index (χ3v) is 3.82. The van der Waals surface area contributed by atoms with Crippen molar-refractivity contribution in [3.8, 4) is 0 Å². The zero-order chi connectivity index (χ0) is 13.7. The van der Waals surface area contributed by atoms with E-state index in [1.807, 2.05) is 30.6 Å². The largest absolute Gasteiger partial charge is 0.399 e. The molecule has 2 aromatic rings. The molecule has 0 atom stereocenters. The fourth-order valence-corrected chi connectivity index (χ4v) is 2.33. The van der Waals surface area contributed by atoms with Crippen LogP contribution in [0.15, 0.2) is 47.2 Å². The van der Waals surface area contributed by atoms with Crippen molar-refractivity contribution in [1.82, 2.24) is 9.88 Å². The number of halogens is 1. The van der Waals surface area contributed by atoms with E-state index in [4.69, 9.17) is 5.73 Å². The van der Waals surface area contributed by atoms with Crippen LogP contribution in [0, 0.1) is 0 Å². The molecule has 19 heavy (non-hydrogen) atoms. The average molecular weight is 320 g/mol. The van der Waals surface area contributed by atoms with Gasteiger partial charge in [0.25, 0.3) is 0 Å². The van der Waals surface area contributed by atoms with Crippen LogP contribution < -0.4 is 5.73 Å². The highest BCUT2D eigenvalue weighted by Crippen LogP contribution is 2.20. The Hall–Kier alpha value is -1.39. The summed E-state index contributed by atoms with van der Waals surface area (Å²) in [6.07, 6.45) is 4.70. The molecule has 0 amide bonds. The summed E-state index contributed by atoms with van der Waals surface area (Å²) in [6.45, 7) is 1.89. The molecule has 0 fully saturated rings. The van der Waals surface area contributed by atoms with Crippen LogP contribution in [0.4, 0.5) is 5.69 Å². The minimum absolute atomic E-state index is 0.806. The molecule has 0 aliphatic carbocycles. The van der Waals surface area contributed by atoms with Crippen LogP contribution in [0.2, 0.25) is 0 Å². The van der Waals surface area contributed by atoms with Gasteiger partial charge in [-0.2, -0.15) is 0 Å². The Morgan fingerprint density at radius 2 is 1.95 bits per heavy atom. The normalized spacial score (nSPS) is 10.9. The lowest BCUT2D eigenvalue weighted by Crippen LogP contribution is -2.21. The van der Waals surface area contributed by atoms with Crippen molar-refractivity contribution in [1.29, 1.82) is 0 Å². The van der Waals surface area contributed by atoms with Crippen molar-refractivity contribution < 1.29 is 0 Å². The van der Waals surface area contributed by atoms with Gasteiger partial charge in [0.15, 0.2) is 0 Å². The van der Waals surface area contributed by atoms with E-state index in [0.717, 1.165) is 29.7 Å². The molecule has 100 valence electrons. The van der Waals surface area contributed by atoms with E-state index in [2.05, 4.69) is 45.0 Å². The topological polar surface area (TPSA) is 42.2 Å². The molecule has 2 N–H and O–H groups in total. The lowest BCUT2D eigenvalue weighted by Gasteiger charge is -2.18. The van der Waals surface area contributed by atoms with Crippen molar-refractivity contribution in [3.63, 3.8) is 0 Å². The Morgan fingerprint density at radius 3 is 2.68 bits per heavy atom. The highest BCUT2D eigenvalue weighted by Gasteiger charge is 2.05. The monoisotopic (exact) mass is 319 g/mol. The third-order valence-electron chi connectivity index (χ3n) is 3.04. The summed E-state index contributed by atoms with van der Waals surface area (Å²) >= 11 is 3.56. The van der Waals surface area contributed by atoms with Gasteiger partial charge in [-0.1, -0.05) is 15.9 Å². The van der Waals surface area contributed by atoms with Crippen LogP contribution in [0.25, 0.3) is 0 Å². The summed E-state index contributed by atoms with van der Waals surface area (Å²) in [5.74, 6) is 0. The van der Waals surface area contributed by atoms with E-state index in [9.17, 15) is 0 Å². The fourth-order valence-electron chi connectivity index (χ4n) is 1.96. The van der Waals surface area contributed by atoms with Gasteiger partial charge in [-0.3, -0.25) is 4.98 Å². The Bertz CT molecular complexity index is 528. The fraction of sp³-hybridized carbons (Fsp3) is 0.267. The highest BCUT2D eigenvalue weighted by atomic mass is 79.9. The number of nitrogens with zero attached hydrogens (tertiary/aromatic N) is 2. The molecule has 1 aromatic carbocycles. The van der Waals surface area contributed by atoms with Gasteiger partial charge >= 0.3 is 0 Å². The van der Waals surface area contributed by atoms with Crippen molar-refractivity contribution in [2.75, 3.05) is 19.3 Å². The Balaban J connectivity index is 1.90. The summed E-state index contributed by atoms with van der Waals surface area (Å²) in [5.41, 5.74) is 9.16. The van der Waals surface area contributed by atoms with Gasteiger partial charge in [-0.25, -0.2) is 0 Å². The molecule has 0 aliphatic rings. The maximum atomic E-state index is 5.82. The number of anilines is 1. The molecule has 1 heterocycles. The zero-order valence-corrected chi connectivity index (χ0v) is 12.6. The van der Waals surface area contributed by atoms with Crippen LogP contribution in [-0.2, 0) is 13.0 Å². The predicted molar refractivity (Wildman–Crippen MR) is 82.8 cm³/mol. The van der Waals surface area contributed by atoms with Gasteiger partial charge < -0.3 is 10.6 Å². The maximum absolute atomic E-state index is 5.82. The van der Waals surface area contributed by atoms with Crippen LogP contribution in [0.5, 0.6) is 0 Å². The van der Waals surface area contributed by atoms with Crippen molar-refractivity contribution >= 4 is 21.6 Å². The van der Waals surface area contributed by atoms with E-state index in [0.29, 0.717) is 0 Å². The molecule has 0 radical (unpaired) electrons. The maximum Gasteiger partial charge on any atom is 0.0318 e. The van der Waals surface area contributed by atoms with E-state index < -0.39 is 0 Å². The molecular formula is C15H18BrN3. The number of aromatic nitrogens is 1. The second-order valence-electron chi connectivity index (χ2n) is 4.69. The van der Waals surface area contributed by atoms with Crippen molar-refractivity contribution in [3.05, 3.63) is 58.3 Å².